The van der Waals surface area contributed by atoms with Gasteiger partial charge in [0.1, 0.15) is 11.5 Å². The van der Waals surface area contributed by atoms with E-state index in [-0.39, 0.29) is 0 Å². The Balaban J connectivity index is 1.30. The van der Waals surface area contributed by atoms with Crippen LogP contribution in [0.4, 0.5) is 0 Å². The number of nitrogens with zero attached hydrogens (tertiary/aromatic N) is 2. The molecule has 2 aromatic heterocycles. The first-order valence-corrected chi connectivity index (χ1v) is 13.5. The molecule has 0 aliphatic carbocycles. The van der Waals surface area contributed by atoms with E-state index in [9.17, 15) is 0 Å². The number of hydrogen-bond donors (Lipinski definition) is 0. The van der Waals surface area contributed by atoms with Crippen LogP contribution in [0.5, 0.6) is 11.5 Å². The second kappa shape index (κ2) is 9.16. The highest BCUT2D eigenvalue weighted by Crippen LogP contribution is 2.50. The zero-order chi connectivity index (χ0) is 25.6. The summed E-state index contributed by atoms with van der Waals surface area (Å²) < 4.78 is 6.45. The largest absolute Gasteiger partial charge is 0.457 e. The molecule has 6 aromatic rings. The van der Waals surface area contributed by atoms with Crippen molar-refractivity contribution in [3.05, 3.63) is 121 Å². The molecule has 4 heteroatoms. The minimum absolute atomic E-state index is 0.792. The molecule has 0 saturated heterocycles. The van der Waals surface area contributed by atoms with Crippen molar-refractivity contribution >= 4 is 22.5 Å². The lowest BCUT2D eigenvalue weighted by Crippen LogP contribution is -1.97. The minimum atomic E-state index is 0.792. The average molecular weight is 509 g/mol. The molecule has 3 nitrogen and oxygen atoms in total. The molecular weight excluding hydrogens is 484 g/mol. The van der Waals surface area contributed by atoms with Crippen LogP contribution in [0.3, 0.4) is 0 Å². The first-order chi connectivity index (χ1) is 18.6. The summed E-state index contributed by atoms with van der Waals surface area (Å²) in [6.07, 6.45) is 3.74. The number of rotatable bonds is 4. The quantitative estimate of drug-likeness (QED) is 0.237. The summed E-state index contributed by atoms with van der Waals surface area (Å²) in [5.41, 5.74) is 8.74. The summed E-state index contributed by atoms with van der Waals surface area (Å²) >= 11 is 1.80. The Morgan fingerprint density at radius 2 is 1.39 bits per heavy atom. The van der Waals surface area contributed by atoms with Gasteiger partial charge in [0.05, 0.1) is 11.4 Å². The number of pyridine rings is 2. The summed E-state index contributed by atoms with van der Waals surface area (Å²) in [5, 5.41) is 2.59. The Bertz CT molecular complexity index is 1840. The van der Waals surface area contributed by atoms with Crippen molar-refractivity contribution in [3.8, 4) is 45.1 Å². The lowest BCUT2D eigenvalue weighted by Gasteiger charge is -2.22. The molecule has 0 radical (unpaired) electrons. The molecule has 7 rings (SSSR count). The van der Waals surface area contributed by atoms with Crippen molar-refractivity contribution in [2.24, 2.45) is 0 Å². The van der Waals surface area contributed by atoms with Crippen LogP contribution in [0.15, 0.2) is 119 Å². The van der Waals surface area contributed by atoms with Crippen molar-refractivity contribution in [2.45, 2.75) is 23.6 Å². The Kier molecular flexibility index (Phi) is 5.49. The van der Waals surface area contributed by atoms with Crippen LogP contribution in [-0.4, -0.2) is 9.97 Å². The molecule has 0 amide bonds. The van der Waals surface area contributed by atoms with E-state index in [1.165, 1.54) is 31.7 Å². The van der Waals surface area contributed by atoms with Gasteiger partial charge in [-0.3, -0.25) is 9.97 Å². The first-order valence-electron chi connectivity index (χ1n) is 12.6. The van der Waals surface area contributed by atoms with Crippen molar-refractivity contribution in [1.82, 2.24) is 9.97 Å². The Hall–Kier alpha value is -4.41. The zero-order valence-corrected chi connectivity index (χ0v) is 21.9. The monoisotopic (exact) mass is 508 g/mol. The van der Waals surface area contributed by atoms with Gasteiger partial charge in [-0.05, 0) is 102 Å². The van der Waals surface area contributed by atoms with E-state index in [1.54, 1.807) is 11.8 Å². The van der Waals surface area contributed by atoms with E-state index in [4.69, 9.17) is 9.72 Å². The number of aryl methyl sites for hydroxylation is 2. The van der Waals surface area contributed by atoms with E-state index in [2.05, 4.69) is 91.6 Å². The smallest absolute Gasteiger partial charge is 0.128 e. The SMILES string of the molecule is Cc1cc(Oc2cc(C)cc(-c3nccc4c3Sc3cccc5cccc-4c35)c2)cc(-c2ccccn2)c1. The molecule has 0 saturated carbocycles. The number of ether oxygens (including phenoxy) is 1. The van der Waals surface area contributed by atoms with E-state index in [0.717, 1.165) is 45.1 Å². The number of hydrogen-bond acceptors (Lipinski definition) is 4. The van der Waals surface area contributed by atoms with Gasteiger partial charge in [0.25, 0.3) is 0 Å². The Morgan fingerprint density at radius 1 is 0.632 bits per heavy atom. The molecule has 0 fully saturated rings. The highest BCUT2D eigenvalue weighted by Gasteiger charge is 2.23. The topological polar surface area (TPSA) is 35.0 Å². The summed E-state index contributed by atoms with van der Waals surface area (Å²) in [6, 6.07) is 33.8. The lowest BCUT2D eigenvalue weighted by molar-refractivity contribution is 0.482. The zero-order valence-electron chi connectivity index (χ0n) is 21.1. The third-order valence-corrected chi connectivity index (χ3v) is 8.02. The molecule has 38 heavy (non-hydrogen) atoms. The van der Waals surface area contributed by atoms with E-state index in [0.29, 0.717) is 0 Å². The fourth-order valence-corrected chi connectivity index (χ4v) is 6.51. The second-order valence-electron chi connectivity index (χ2n) is 9.68. The van der Waals surface area contributed by atoms with Gasteiger partial charge in [-0.15, -0.1) is 0 Å². The molecule has 0 spiro atoms. The molecule has 0 bridgehead atoms. The van der Waals surface area contributed by atoms with Crippen molar-refractivity contribution < 1.29 is 4.74 Å². The van der Waals surface area contributed by atoms with Gasteiger partial charge in [-0.1, -0.05) is 48.2 Å². The molecule has 3 heterocycles. The predicted octanol–water partition coefficient (Wildman–Crippen LogP) is 9.50. The van der Waals surface area contributed by atoms with Crippen LogP contribution in [0.2, 0.25) is 0 Å². The minimum Gasteiger partial charge on any atom is -0.457 e. The van der Waals surface area contributed by atoms with E-state index in [1.807, 2.05) is 36.7 Å². The van der Waals surface area contributed by atoms with Crippen LogP contribution in [0.1, 0.15) is 11.1 Å². The first kappa shape index (κ1) is 22.8. The molecule has 0 atom stereocenters. The summed E-state index contributed by atoms with van der Waals surface area (Å²) in [4.78, 5) is 11.8. The third kappa shape index (κ3) is 4.04. The standard InChI is InChI=1S/C34H24N2OS/c1-21-15-24(30-10-3-4-13-35-30)19-26(17-21)37-27-18-22(2)16-25(20-27)33-34-29(12-14-36-33)28-9-5-7-23-8-6-11-31(38-34)32(23)28/h3-20H,1-2H3. The molecular formula is C34H24N2OS. The van der Waals surface area contributed by atoms with Gasteiger partial charge in [0.15, 0.2) is 0 Å². The predicted molar refractivity (Wildman–Crippen MR) is 156 cm³/mol. The highest BCUT2D eigenvalue weighted by molar-refractivity contribution is 8.00. The van der Waals surface area contributed by atoms with Crippen molar-refractivity contribution in [2.75, 3.05) is 0 Å². The third-order valence-electron chi connectivity index (χ3n) is 6.84. The maximum Gasteiger partial charge on any atom is 0.128 e. The molecule has 1 aliphatic rings. The molecule has 182 valence electrons. The molecule has 0 N–H and O–H groups in total. The average Bonchev–Trinajstić information content (AvgIpc) is 2.93. The van der Waals surface area contributed by atoms with Crippen LogP contribution in [0, 0.1) is 13.8 Å². The normalized spacial score (nSPS) is 11.8. The van der Waals surface area contributed by atoms with Crippen LogP contribution in [-0.2, 0) is 0 Å². The summed E-state index contributed by atoms with van der Waals surface area (Å²) in [6.45, 7) is 4.18. The fourth-order valence-electron chi connectivity index (χ4n) is 5.26. The van der Waals surface area contributed by atoms with Crippen LogP contribution < -0.4 is 4.74 Å². The Morgan fingerprint density at radius 3 is 2.18 bits per heavy atom. The summed E-state index contributed by atoms with van der Waals surface area (Å²) in [7, 11) is 0. The van der Waals surface area contributed by atoms with Crippen molar-refractivity contribution in [3.63, 3.8) is 0 Å². The van der Waals surface area contributed by atoms with Gasteiger partial charge in [0, 0.05) is 38.7 Å². The van der Waals surface area contributed by atoms with Gasteiger partial charge in [0.2, 0.25) is 0 Å². The van der Waals surface area contributed by atoms with E-state index < -0.39 is 0 Å². The maximum absolute atomic E-state index is 6.45. The van der Waals surface area contributed by atoms with E-state index >= 15 is 0 Å². The van der Waals surface area contributed by atoms with Crippen molar-refractivity contribution in [1.29, 1.82) is 0 Å². The van der Waals surface area contributed by atoms with Gasteiger partial charge >= 0.3 is 0 Å². The van der Waals surface area contributed by atoms with Crippen LogP contribution in [0.25, 0.3) is 44.4 Å². The fraction of sp³-hybridized carbons (Fsp3) is 0.0588. The molecule has 0 unspecified atom stereocenters. The Labute approximate surface area is 226 Å². The van der Waals surface area contributed by atoms with Crippen LogP contribution >= 0.6 is 11.8 Å². The number of benzene rings is 4. The second-order valence-corrected chi connectivity index (χ2v) is 10.7. The maximum atomic E-state index is 6.45. The highest BCUT2D eigenvalue weighted by atomic mass is 32.2. The van der Waals surface area contributed by atoms with Gasteiger partial charge in [-0.2, -0.15) is 0 Å². The lowest BCUT2D eigenvalue weighted by atomic mass is 9.96. The van der Waals surface area contributed by atoms with Gasteiger partial charge < -0.3 is 4.74 Å². The molecule has 4 aromatic carbocycles. The number of fused-ring (bicyclic) bond motifs is 2. The molecule has 1 aliphatic heterocycles. The van der Waals surface area contributed by atoms with Gasteiger partial charge in [-0.25, -0.2) is 0 Å². The summed E-state index contributed by atoms with van der Waals surface area (Å²) in [5.74, 6) is 1.58. The number of aromatic nitrogens is 2.